The third kappa shape index (κ3) is 9.01. The number of esters is 2. The number of benzene rings is 3. The average Bonchev–Trinajstić information content (AvgIpc) is 3.03. The molecule has 0 aliphatic carbocycles. The largest absolute Gasteiger partial charge is 0.457 e. The summed E-state index contributed by atoms with van der Waals surface area (Å²) in [7, 11) is 0. The van der Waals surface area contributed by atoms with Gasteiger partial charge in [-0.3, -0.25) is 0 Å². The van der Waals surface area contributed by atoms with Gasteiger partial charge in [-0.25, -0.2) is 9.59 Å². The fourth-order valence-electron chi connectivity index (χ4n) is 4.68. The molecule has 0 bridgehead atoms. The summed E-state index contributed by atoms with van der Waals surface area (Å²) < 4.78 is 16.7. The predicted molar refractivity (Wildman–Crippen MR) is 153 cm³/mol. The number of cyclic esters (lactones) is 1. The molecule has 0 radical (unpaired) electrons. The maximum absolute atomic E-state index is 12.6. The number of aliphatic hydroxyl groups excluding tert-OH is 1. The van der Waals surface area contributed by atoms with Gasteiger partial charge in [0.2, 0.25) is 0 Å². The smallest absolute Gasteiger partial charge is 0.344 e. The maximum Gasteiger partial charge on any atom is 0.344 e. The van der Waals surface area contributed by atoms with Crippen molar-refractivity contribution in [3.63, 3.8) is 0 Å². The number of carbonyl (C=O) groups excluding carboxylic acids is 2. The molecule has 0 fully saturated rings. The van der Waals surface area contributed by atoms with E-state index in [-0.39, 0.29) is 17.7 Å². The Kier molecular flexibility index (Phi) is 11.7. The first-order chi connectivity index (χ1) is 19.6. The number of unbranched alkanes of at least 4 members (excludes halogenated alkanes) is 4. The first kappa shape index (κ1) is 29.5. The van der Waals surface area contributed by atoms with E-state index < -0.39 is 18.0 Å². The molecule has 1 unspecified atom stereocenters. The van der Waals surface area contributed by atoms with Crippen molar-refractivity contribution in [2.75, 3.05) is 26.3 Å². The number of rotatable bonds is 15. The van der Waals surface area contributed by atoms with Crippen LogP contribution in [0.2, 0.25) is 0 Å². The van der Waals surface area contributed by atoms with E-state index in [1.807, 2.05) is 6.07 Å². The van der Waals surface area contributed by atoms with E-state index in [1.54, 1.807) is 36.4 Å². The predicted octanol–water partition coefficient (Wildman–Crippen LogP) is 5.80. The monoisotopic (exact) mass is 545 g/mol. The molecule has 0 saturated heterocycles. The van der Waals surface area contributed by atoms with Crippen molar-refractivity contribution in [3.8, 4) is 5.75 Å². The molecule has 0 aromatic heterocycles. The molecule has 0 spiro atoms. The highest BCUT2D eigenvalue weighted by Crippen LogP contribution is 2.27. The summed E-state index contributed by atoms with van der Waals surface area (Å²) in [6, 6.07) is 22.1. The second kappa shape index (κ2) is 15.9. The minimum Gasteiger partial charge on any atom is -0.457 e. The number of aryl methyl sites for hydroxylation is 1. The molecule has 40 heavy (non-hydrogen) atoms. The van der Waals surface area contributed by atoms with Crippen molar-refractivity contribution < 1.29 is 28.9 Å². The van der Waals surface area contributed by atoms with Crippen LogP contribution in [0.15, 0.2) is 72.8 Å². The standard InChI is InChI=1S/C33H39NO6/c35-30(23-34-19-9-1-2-10-20-38-21-11-8-14-25-12-4-3-5-13-25)26-17-18-31-27(22-26)24-39-32(36)28-15-6-7-16-29(28)33(37)40-31/h3-7,12-13,15-18,22,30,34-35H,1-2,8-11,14,19-21,23-24H2. The Morgan fingerprint density at radius 2 is 1.50 bits per heavy atom. The molecule has 0 saturated carbocycles. The van der Waals surface area contributed by atoms with Gasteiger partial charge in [-0.2, -0.15) is 0 Å². The van der Waals surface area contributed by atoms with Crippen LogP contribution in [0.25, 0.3) is 0 Å². The molecule has 7 heteroatoms. The van der Waals surface area contributed by atoms with Crippen molar-refractivity contribution in [2.45, 2.75) is 57.7 Å². The molecule has 1 atom stereocenters. The molecule has 0 amide bonds. The van der Waals surface area contributed by atoms with Gasteiger partial charge in [-0.05, 0) is 74.0 Å². The van der Waals surface area contributed by atoms with Crippen LogP contribution < -0.4 is 10.1 Å². The highest BCUT2D eigenvalue weighted by atomic mass is 16.5. The number of fused-ring (bicyclic) bond motifs is 2. The minimum absolute atomic E-state index is 0.0544. The molecular formula is C33H39NO6. The molecule has 1 aliphatic rings. The van der Waals surface area contributed by atoms with Crippen LogP contribution in [0.4, 0.5) is 0 Å². The van der Waals surface area contributed by atoms with Gasteiger partial charge in [0.15, 0.2) is 0 Å². The summed E-state index contributed by atoms with van der Waals surface area (Å²) in [5, 5.41) is 14.0. The van der Waals surface area contributed by atoms with Crippen LogP contribution in [-0.2, 0) is 22.5 Å². The van der Waals surface area contributed by atoms with Crippen molar-refractivity contribution in [3.05, 3.63) is 101 Å². The van der Waals surface area contributed by atoms with Gasteiger partial charge in [0.25, 0.3) is 0 Å². The van der Waals surface area contributed by atoms with Crippen molar-refractivity contribution in [1.82, 2.24) is 5.32 Å². The lowest BCUT2D eigenvalue weighted by Gasteiger charge is -2.15. The zero-order valence-corrected chi connectivity index (χ0v) is 23.0. The third-order valence-electron chi connectivity index (χ3n) is 6.97. The van der Waals surface area contributed by atoms with Crippen LogP contribution in [0, 0.1) is 0 Å². The molecule has 4 rings (SSSR count). The van der Waals surface area contributed by atoms with E-state index in [1.165, 1.54) is 11.6 Å². The fourth-order valence-corrected chi connectivity index (χ4v) is 4.68. The highest BCUT2D eigenvalue weighted by molar-refractivity contribution is 6.04. The summed E-state index contributed by atoms with van der Waals surface area (Å²) in [4.78, 5) is 25.1. The van der Waals surface area contributed by atoms with E-state index in [9.17, 15) is 14.7 Å². The summed E-state index contributed by atoms with van der Waals surface area (Å²) in [5.74, 6) is -0.885. The fraction of sp³-hybridized carbons (Fsp3) is 0.394. The third-order valence-corrected chi connectivity index (χ3v) is 6.97. The number of hydrogen-bond donors (Lipinski definition) is 2. The van der Waals surface area contributed by atoms with Crippen molar-refractivity contribution >= 4 is 11.9 Å². The Labute approximate surface area is 236 Å². The Balaban J connectivity index is 1.08. The second-order valence-corrected chi connectivity index (χ2v) is 10.1. The van der Waals surface area contributed by atoms with Gasteiger partial charge in [0.05, 0.1) is 17.2 Å². The second-order valence-electron chi connectivity index (χ2n) is 10.1. The topological polar surface area (TPSA) is 94.1 Å². The van der Waals surface area contributed by atoms with Gasteiger partial charge >= 0.3 is 11.9 Å². The molecule has 212 valence electrons. The number of ether oxygens (including phenoxy) is 3. The lowest BCUT2D eigenvalue weighted by atomic mass is 10.0. The summed E-state index contributed by atoms with van der Waals surface area (Å²) in [5.41, 5.74) is 2.92. The Morgan fingerprint density at radius 3 is 2.30 bits per heavy atom. The molecule has 3 aromatic carbocycles. The van der Waals surface area contributed by atoms with Crippen LogP contribution in [0.1, 0.15) is 82.0 Å². The van der Waals surface area contributed by atoms with Gasteiger partial charge in [-0.15, -0.1) is 0 Å². The van der Waals surface area contributed by atoms with Crippen LogP contribution in [0.5, 0.6) is 5.75 Å². The average molecular weight is 546 g/mol. The first-order valence-corrected chi connectivity index (χ1v) is 14.2. The number of hydrogen-bond acceptors (Lipinski definition) is 7. The Morgan fingerprint density at radius 1 is 0.800 bits per heavy atom. The highest BCUT2D eigenvalue weighted by Gasteiger charge is 2.24. The van der Waals surface area contributed by atoms with Crippen LogP contribution in [-0.4, -0.2) is 43.3 Å². The summed E-state index contributed by atoms with van der Waals surface area (Å²) in [6.07, 6.45) is 6.95. The molecule has 2 N–H and O–H groups in total. The zero-order chi connectivity index (χ0) is 28.0. The van der Waals surface area contributed by atoms with E-state index in [2.05, 4.69) is 29.6 Å². The molecular weight excluding hydrogens is 506 g/mol. The maximum atomic E-state index is 12.6. The van der Waals surface area contributed by atoms with Gasteiger partial charge in [-0.1, -0.05) is 61.4 Å². The molecule has 3 aromatic rings. The Bertz CT molecular complexity index is 1230. The van der Waals surface area contributed by atoms with Crippen molar-refractivity contribution in [1.29, 1.82) is 0 Å². The van der Waals surface area contributed by atoms with Gasteiger partial charge < -0.3 is 24.6 Å². The van der Waals surface area contributed by atoms with E-state index in [0.717, 1.165) is 64.7 Å². The van der Waals surface area contributed by atoms with Gasteiger partial charge in [0.1, 0.15) is 12.4 Å². The first-order valence-electron chi connectivity index (χ1n) is 14.2. The lowest BCUT2D eigenvalue weighted by Crippen LogP contribution is -2.22. The summed E-state index contributed by atoms with van der Waals surface area (Å²) >= 11 is 0. The van der Waals surface area contributed by atoms with E-state index in [4.69, 9.17) is 14.2 Å². The van der Waals surface area contributed by atoms with Gasteiger partial charge in [0, 0.05) is 25.3 Å². The minimum atomic E-state index is -0.739. The van der Waals surface area contributed by atoms with Crippen molar-refractivity contribution in [2.24, 2.45) is 0 Å². The lowest BCUT2D eigenvalue weighted by molar-refractivity contribution is 0.0471. The van der Waals surface area contributed by atoms with E-state index in [0.29, 0.717) is 23.4 Å². The zero-order valence-electron chi connectivity index (χ0n) is 23.0. The quantitative estimate of drug-likeness (QED) is 0.142. The number of carbonyl (C=O) groups is 2. The summed E-state index contributed by atoms with van der Waals surface area (Å²) in [6.45, 7) is 2.80. The Hall–Kier alpha value is -3.52. The van der Waals surface area contributed by atoms with E-state index >= 15 is 0 Å². The number of aliphatic hydroxyl groups is 1. The molecule has 1 heterocycles. The molecule has 7 nitrogen and oxygen atoms in total. The molecule has 1 aliphatic heterocycles. The normalized spacial score (nSPS) is 13.7. The van der Waals surface area contributed by atoms with Crippen LogP contribution >= 0.6 is 0 Å². The number of nitrogens with one attached hydrogen (secondary N) is 1. The SMILES string of the molecule is O=C1OCc2cc(C(O)CNCCCCCCOCCCCc3ccccc3)ccc2OC(=O)c2ccccc21. The van der Waals surface area contributed by atoms with Crippen LogP contribution in [0.3, 0.4) is 0 Å².